The zero-order valence-corrected chi connectivity index (χ0v) is 47.3. The third-order valence-corrected chi connectivity index (χ3v) is 18.6. The molecule has 0 bridgehead atoms. The lowest BCUT2D eigenvalue weighted by atomic mass is 9.43. The molecule has 2 aliphatic heterocycles. The van der Waals surface area contributed by atoms with Crippen molar-refractivity contribution in [2.45, 2.75) is 169 Å². The number of benzene rings is 7. The predicted octanol–water partition coefficient (Wildman–Crippen LogP) is 18.4. The van der Waals surface area contributed by atoms with Gasteiger partial charge in [0.05, 0.1) is 5.69 Å². The van der Waals surface area contributed by atoms with Crippen LogP contribution in [0.25, 0.3) is 44.3 Å². The fraction of sp³-hybridized carbons (Fsp3) is 0.371. The molecule has 0 N–H and O–H groups in total. The molecule has 0 saturated carbocycles. The van der Waals surface area contributed by atoms with Crippen LogP contribution in [0.1, 0.15) is 167 Å². The summed E-state index contributed by atoms with van der Waals surface area (Å²) in [6.07, 6.45) is 4.60. The highest BCUT2D eigenvalue weighted by Gasteiger charge is 2.50. The number of anilines is 5. The number of furan rings is 1. The third kappa shape index (κ3) is 7.42. The van der Waals surface area contributed by atoms with Crippen LogP contribution >= 0.6 is 0 Å². The first kappa shape index (κ1) is 48.7. The van der Waals surface area contributed by atoms with Crippen molar-refractivity contribution in [3.05, 3.63) is 172 Å². The molecule has 0 fully saturated rings. The van der Waals surface area contributed by atoms with Crippen molar-refractivity contribution < 1.29 is 4.42 Å². The topological polar surface area (TPSA) is 19.6 Å². The summed E-state index contributed by atoms with van der Waals surface area (Å²) in [5.74, 6) is 0.903. The van der Waals surface area contributed by atoms with Gasteiger partial charge in [-0.2, -0.15) is 0 Å². The van der Waals surface area contributed by atoms with Gasteiger partial charge in [0, 0.05) is 39.0 Å². The van der Waals surface area contributed by atoms with E-state index >= 15 is 0 Å². The number of rotatable bonds is 4. The molecule has 0 atom stereocenters. The van der Waals surface area contributed by atoms with Crippen molar-refractivity contribution in [1.82, 2.24) is 0 Å². The van der Waals surface area contributed by atoms with Crippen LogP contribution in [0.2, 0.25) is 0 Å². The molecule has 1 aromatic heterocycles. The van der Waals surface area contributed by atoms with E-state index in [1.807, 2.05) is 0 Å². The molecule has 376 valence electrons. The molecule has 4 heteroatoms. The maximum absolute atomic E-state index is 7.81. The van der Waals surface area contributed by atoms with E-state index in [-0.39, 0.29) is 39.3 Å². The van der Waals surface area contributed by atoms with E-state index in [4.69, 9.17) is 4.42 Å². The summed E-state index contributed by atoms with van der Waals surface area (Å²) in [5, 5.41) is 1.21. The van der Waals surface area contributed by atoms with Crippen LogP contribution in [-0.4, -0.2) is 6.85 Å². The fourth-order valence-electron chi connectivity index (χ4n) is 13.7. The van der Waals surface area contributed by atoms with Crippen molar-refractivity contribution in [2.75, 3.05) is 9.71 Å². The molecule has 0 unspecified atom stereocenters. The average Bonchev–Trinajstić information content (AvgIpc) is 3.73. The number of fused-ring (bicyclic) bond motifs is 8. The van der Waals surface area contributed by atoms with Gasteiger partial charge in [-0.15, -0.1) is 0 Å². The Labute approximate surface area is 443 Å². The Morgan fingerprint density at radius 3 is 1.62 bits per heavy atom. The molecule has 3 nitrogen and oxygen atoms in total. The lowest BCUT2D eigenvalue weighted by Crippen LogP contribution is -2.61. The lowest BCUT2D eigenvalue weighted by molar-refractivity contribution is 0.332. The van der Waals surface area contributed by atoms with Crippen LogP contribution in [-0.2, 0) is 32.5 Å². The minimum absolute atomic E-state index is 0.00325. The zero-order valence-electron chi connectivity index (χ0n) is 47.3. The minimum atomic E-state index is -0.211. The van der Waals surface area contributed by atoms with Crippen LogP contribution in [0.5, 0.6) is 0 Å². The van der Waals surface area contributed by atoms with Crippen LogP contribution in [0.4, 0.5) is 28.6 Å². The number of aryl methyl sites for hydroxylation is 2. The Balaban J connectivity index is 1.28. The maximum Gasteiger partial charge on any atom is 0.337 e. The van der Waals surface area contributed by atoms with E-state index in [9.17, 15) is 0 Å². The molecule has 2 aliphatic carbocycles. The van der Waals surface area contributed by atoms with Gasteiger partial charge in [-0.3, -0.25) is 4.90 Å². The van der Waals surface area contributed by atoms with E-state index in [1.165, 1.54) is 118 Å². The van der Waals surface area contributed by atoms with Gasteiger partial charge in [0.2, 0.25) is 5.88 Å². The molecular formula is C70H77BN2O. The van der Waals surface area contributed by atoms with Crippen molar-refractivity contribution in [3.8, 4) is 33.4 Å². The molecule has 0 amide bonds. The van der Waals surface area contributed by atoms with Crippen molar-refractivity contribution in [3.63, 3.8) is 0 Å². The van der Waals surface area contributed by atoms with Crippen LogP contribution in [0.15, 0.2) is 132 Å². The van der Waals surface area contributed by atoms with Crippen LogP contribution in [0.3, 0.4) is 0 Å². The summed E-state index contributed by atoms with van der Waals surface area (Å²) in [7, 11) is 0. The maximum atomic E-state index is 7.81. The highest BCUT2D eigenvalue weighted by molar-refractivity contribution is 6.95. The third-order valence-electron chi connectivity index (χ3n) is 18.6. The predicted molar refractivity (Wildman–Crippen MR) is 318 cm³/mol. The summed E-state index contributed by atoms with van der Waals surface area (Å²) in [6, 6.07) is 50.1. The SMILES string of the molecule is Cc1cccc(C)c1-c1cc2c3c(c1)N(c1ccc(C(C)(C)C)cc1-c1ccccc1)c1oc4cc5c(cc4c1B3N(c1ccc3c(c1)C(C)(C)CCC3(C)C)c1ccc(C(C)(C)C)cc1-2)C(C)(C)CCC5(C)C. The quantitative estimate of drug-likeness (QED) is 0.164. The highest BCUT2D eigenvalue weighted by Crippen LogP contribution is 2.55. The van der Waals surface area contributed by atoms with Gasteiger partial charge in [-0.25, -0.2) is 0 Å². The first-order valence-electron chi connectivity index (χ1n) is 27.7. The summed E-state index contributed by atoms with van der Waals surface area (Å²) >= 11 is 0. The second-order valence-electron chi connectivity index (χ2n) is 27.6. The second kappa shape index (κ2) is 16.1. The van der Waals surface area contributed by atoms with E-state index in [1.54, 1.807) is 0 Å². The Morgan fingerprint density at radius 2 is 1.01 bits per heavy atom. The Bertz CT molecular complexity index is 3600. The van der Waals surface area contributed by atoms with Gasteiger partial charge in [-0.05, 0) is 205 Å². The Morgan fingerprint density at radius 1 is 0.459 bits per heavy atom. The molecule has 12 rings (SSSR count). The van der Waals surface area contributed by atoms with Crippen molar-refractivity contribution in [1.29, 1.82) is 0 Å². The largest absolute Gasteiger partial charge is 0.440 e. The molecular weight excluding hydrogens is 896 g/mol. The molecule has 8 aromatic rings. The molecule has 4 aliphatic rings. The number of nitrogens with zero attached hydrogens (tertiary/aromatic N) is 2. The smallest absolute Gasteiger partial charge is 0.337 e. The van der Waals surface area contributed by atoms with E-state index in [0.717, 1.165) is 36.4 Å². The van der Waals surface area contributed by atoms with E-state index < -0.39 is 0 Å². The van der Waals surface area contributed by atoms with E-state index in [0.29, 0.717) is 0 Å². The zero-order chi connectivity index (χ0) is 52.4. The van der Waals surface area contributed by atoms with Gasteiger partial charge in [0.1, 0.15) is 5.58 Å². The van der Waals surface area contributed by atoms with Crippen LogP contribution in [0, 0.1) is 13.8 Å². The monoisotopic (exact) mass is 973 g/mol. The molecule has 3 heterocycles. The minimum Gasteiger partial charge on any atom is -0.440 e. The summed E-state index contributed by atoms with van der Waals surface area (Å²) in [5.41, 5.74) is 26.7. The standard InChI is InChI=1S/C70H77BN2O/c1-42-21-20-22-43(2)61(42)45-35-51-50-38-47(66(6,7)8)26-30-58(50)73(48-27-28-53-54(39-48)68(11,12)32-31-67(53,9)10)71-62(51)59(36-45)72(57-29-25-46(65(3,4)5)37-49(57)44-23-18-17-19-24-44)64-63(71)52-40-55-56(41-60(52)74-64)70(15,16)34-33-69(55,13)14/h17-30,35-41H,31-34H2,1-16H3. The van der Waals surface area contributed by atoms with Gasteiger partial charge >= 0.3 is 6.85 Å². The Hall–Kier alpha value is -6.26. The summed E-state index contributed by atoms with van der Waals surface area (Å²) < 4.78 is 7.81. The molecule has 74 heavy (non-hydrogen) atoms. The lowest BCUT2D eigenvalue weighted by Gasteiger charge is -2.46. The molecule has 0 saturated heterocycles. The highest BCUT2D eigenvalue weighted by atomic mass is 16.4. The molecule has 0 radical (unpaired) electrons. The van der Waals surface area contributed by atoms with Crippen LogP contribution < -0.4 is 20.6 Å². The van der Waals surface area contributed by atoms with Gasteiger partial charge in [-0.1, -0.05) is 164 Å². The molecule has 0 spiro atoms. The first-order chi connectivity index (χ1) is 34.7. The van der Waals surface area contributed by atoms with Gasteiger partial charge in [0.15, 0.2) is 0 Å². The van der Waals surface area contributed by atoms with E-state index in [2.05, 4.69) is 248 Å². The van der Waals surface area contributed by atoms with Crippen molar-refractivity contribution >= 4 is 57.4 Å². The number of hydrogen-bond donors (Lipinski definition) is 0. The average molecular weight is 973 g/mol. The van der Waals surface area contributed by atoms with Gasteiger partial charge in [0.25, 0.3) is 0 Å². The summed E-state index contributed by atoms with van der Waals surface area (Å²) in [6.45, 7) is 38.0. The second-order valence-corrected chi connectivity index (χ2v) is 27.6. The first-order valence-corrected chi connectivity index (χ1v) is 27.7. The normalized spacial score (nSPS) is 17.9. The Kier molecular flexibility index (Phi) is 10.6. The molecule has 7 aromatic carbocycles. The van der Waals surface area contributed by atoms with Gasteiger partial charge < -0.3 is 9.23 Å². The van der Waals surface area contributed by atoms with Crippen molar-refractivity contribution in [2.24, 2.45) is 0 Å². The number of hydrogen-bond acceptors (Lipinski definition) is 3. The fourth-order valence-corrected chi connectivity index (χ4v) is 13.7. The summed E-state index contributed by atoms with van der Waals surface area (Å²) in [4.78, 5) is 5.30.